The van der Waals surface area contributed by atoms with Crippen molar-refractivity contribution < 1.29 is 23.2 Å². The number of fused-ring (bicyclic) bond motifs is 4. The summed E-state index contributed by atoms with van der Waals surface area (Å²) < 4.78 is 30.7. The molecule has 0 spiro atoms. The Morgan fingerprint density at radius 2 is 1.91 bits per heavy atom. The van der Waals surface area contributed by atoms with Crippen LogP contribution in [0.25, 0.3) is 11.8 Å². The van der Waals surface area contributed by atoms with Gasteiger partial charge in [-0.05, 0) is 65.8 Å². The monoisotopic (exact) mass is 472 g/mol. The minimum atomic E-state index is -4.39. The predicted molar refractivity (Wildman–Crippen MR) is 126 cm³/mol. The normalized spacial score (nSPS) is 29.3. The van der Waals surface area contributed by atoms with Crippen molar-refractivity contribution in [3.8, 4) is 5.75 Å². The van der Waals surface area contributed by atoms with Crippen LogP contribution >= 0.6 is 19.6 Å². The molecule has 0 amide bonds. The summed E-state index contributed by atoms with van der Waals surface area (Å²) in [5.41, 5.74) is 1.35. The third kappa shape index (κ3) is 3.62. The zero-order valence-electron chi connectivity index (χ0n) is 18.8. The van der Waals surface area contributed by atoms with Gasteiger partial charge in [0, 0.05) is 10.5 Å². The van der Waals surface area contributed by atoms with Crippen molar-refractivity contribution in [2.45, 2.75) is 55.9 Å². The summed E-state index contributed by atoms with van der Waals surface area (Å²) in [6.07, 6.45) is 4.66. The zero-order chi connectivity index (χ0) is 22.7. The number of benzene rings is 2. The van der Waals surface area contributed by atoms with Crippen molar-refractivity contribution >= 4 is 31.4 Å². The first-order valence-corrected chi connectivity index (χ1v) is 13.3. The van der Waals surface area contributed by atoms with Gasteiger partial charge < -0.3 is 9.26 Å². The van der Waals surface area contributed by atoms with Crippen LogP contribution < -0.4 is 4.74 Å². The molecule has 3 aliphatic rings. The van der Waals surface area contributed by atoms with Gasteiger partial charge in [-0.25, -0.2) is 4.57 Å². The van der Waals surface area contributed by atoms with E-state index in [2.05, 4.69) is 20.8 Å². The molecular weight excluding hydrogens is 443 g/mol. The van der Waals surface area contributed by atoms with Crippen molar-refractivity contribution in [1.82, 2.24) is 0 Å². The second-order valence-corrected chi connectivity index (χ2v) is 12.3. The minimum absolute atomic E-state index is 0.0999. The van der Waals surface area contributed by atoms with Gasteiger partial charge in [0.2, 0.25) is 0 Å². The largest absolute Gasteiger partial charge is 0.527 e. The molecule has 5 rings (SSSR count). The van der Waals surface area contributed by atoms with Crippen molar-refractivity contribution in [3.63, 3.8) is 0 Å². The summed E-state index contributed by atoms with van der Waals surface area (Å²) in [4.78, 5) is 12.8. The molecule has 170 valence electrons. The Morgan fingerprint density at radius 3 is 2.62 bits per heavy atom. The molecule has 4 atom stereocenters. The zero-order valence-corrected chi connectivity index (χ0v) is 20.5. The average Bonchev–Trinajstić information content (AvgIpc) is 3.16. The SMILES string of the molecule is COc1cccc2c1Sc1ccccc1C=C2OP(=O)(O)O[C@@H]1C(C)(C)[C@@H]2CC[C@@]1(C)C2. The van der Waals surface area contributed by atoms with Gasteiger partial charge in [0.15, 0.2) is 0 Å². The lowest BCUT2D eigenvalue weighted by molar-refractivity contribution is -0.0317. The topological polar surface area (TPSA) is 65.0 Å². The van der Waals surface area contributed by atoms with E-state index in [4.69, 9.17) is 13.8 Å². The molecule has 2 bridgehead atoms. The lowest BCUT2D eigenvalue weighted by atomic mass is 9.70. The van der Waals surface area contributed by atoms with Crippen LogP contribution in [0, 0.1) is 16.7 Å². The quantitative estimate of drug-likeness (QED) is 0.473. The van der Waals surface area contributed by atoms with E-state index in [0.29, 0.717) is 23.0 Å². The second kappa shape index (κ2) is 7.66. The molecule has 0 radical (unpaired) electrons. The van der Waals surface area contributed by atoms with Crippen LogP contribution in [0.2, 0.25) is 0 Å². The predicted octanol–water partition coefficient (Wildman–Crippen LogP) is 7.01. The maximum atomic E-state index is 13.4. The number of methoxy groups -OCH3 is 1. The number of hydrogen-bond donors (Lipinski definition) is 1. The number of ether oxygens (including phenoxy) is 1. The van der Waals surface area contributed by atoms with Crippen molar-refractivity contribution in [2.75, 3.05) is 7.11 Å². The molecule has 2 aromatic carbocycles. The highest BCUT2D eigenvalue weighted by Gasteiger charge is 2.62. The molecule has 0 saturated heterocycles. The Labute approximate surface area is 193 Å². The van der Waals surface area contributed by atoms with Crippen LogP contribution in [0.4, 0.5) is 0 Å². The molecule has 2 fully saturated rings. The molecule has 2 saturated carbocycles. The maximum Gasteiger partial charge on any atom is 0.527 e. The molecule has 1 N–H and O–H groups in total. The van der Waals surface area contributed by atoms with Crippen LogP contribution in [0.3, 0.4) is 0 Å². The van der Waals surface area contributed by atoms with Crippen LogP contribution in [-0.4, -0.2) is 18.1 Å². The summed E-state index contributed by atoms with van der Waals surface area (Å²) in [5.74, 6) is 1.50. The van der Waals surface area contributed by atoms with Gasteiger partial charge in [-0.15, -0.1) is 0 Å². The Bertz CT molecular complexity index is 1140. The third-order valence-electron chi connectivity index (χ3n) is 7.47. The first kappa shape index (κ1) is 22.1. The van der Waals surface area contributed by atoms with Crippen LogP contribution in [0.15, 0.2) is 52.3 Å². The van der Waals surface area contributed by atoms with Gasteiger partial charge in [0.25, 0.3) is 0 Å². The molecular formula is C25H29O5PS. The first-order valence-electron chi connectivity index (χ1n) is 11.0. The van der Waals surface area contributed by atoms with E-state index in [0.717, 1.165) is 34.6 Å². The molecule has 32 heavy (non-hydrogen) atoms. The summed E-state index contributed by atoms with van der Waals surface area (Å²) in [6, 6.07) is 13.5. The average molecular weight is 473 g/mol. The third-order valence-corrected chi connectivity index (χ3v) is 9.59. The second-order valence-electron chi connectivity index (χ2n) is 9.95. The molecule has 1 unspecified atom stereocenters. The van der Waals surface area contributed by atoms with Crippen LogP contribution in [-0.2, 0) is 13.6 Å². The highest BCUT2D eigenvalue weighted by molar-refractivity contribution is 7.99. The number of phosphoric ester groups is 1. The fourth-order valence-corrected chi connectivity index (χ4v) is 8.25. The first-order chi connectivity index (χ1) is 15.1. The van der Waals surface area contributed by atoms with E-state index in [1.54, 1.807) is 18.9 Å². The van der Waals surface area contributed by atoms with Crippen molar-refractivity contribution in [1.29, 1.82) is 0 Å². The fraction of sp³-hybridized carbons (Fsp3) is 0.440. The Balaban J connectivity index is 1.52. The van der Waals surface area contributed by atoms with Crippen LogP contribution in [0.5, 0.6) is 5.75 Å². The van der Waals surface area contributed by atoms with Gasteiger partial charge in [-0.1, -0.05) is 56.8 Å². The molecule has 1 aliphatic heterocycles. The Hall–Kier alpha value is -1.72. The van der Waals surface area contributed by atoms with E-state index in [-0.39, 0.29) is 16.9 Å². The van der Waals surface area contributed by atoms with E-state index in [9.17, 15) is 9.46 Å². The van der Waals surface area contributed by atoms with Gasteiger partial charge in [0.1, 0.15) is 11.5 Å². The van der Waals surface area contributed by atoms with Gasteiger partial charge in [-0.3, -0.25) is 9.42 Å². The van der Waals surface area contributed by atoms with Crippen molar-refractivity contribution in [3.05, 3.63) is 53.6 Å². The fourth-order valence-electron chi connectivity index (χ4n) is 5.87. The number of phosphoric acid groups is 1. The molecule has 2 aliphatic carbocycles. The summed E-state index contributed by atoms with van der Waals surface area (Å²) in [7, 11) is -2.77. The molecule has 7 heteroatoms. The highest BCUT2D eigenvalue weighted by Crippen LogP contribution is 2.67. The maximum absolute atomic E-state index is 13.4. The summed E-state index contributed by atoms with van der Waals surface area (Å²) in [5, 5.41) is 0. The Morgan fingerprint density at radius 1 is 1.12 bits per heavy atom. The van der Waals surface area contributed by atoms with E-state index < -0.39 is 7.82 Å². The molecule has 5 nitrogen and oxygen atoms in total. The lowest BCUT2D eigenvalue weighted by Crippen LogP contribution is -2.41. The minimum Gasteiger partial charge on any atom is -0.496 e. The Kier molecular flexibility index (Phi) is 5.29. The molecule has 0 aromatic heterocycles. The van der Waals surface area contributed by atoms with Gasteiger partial charge >= 0.3 is 7.82 Å². The molecule has 1 heterocycles. The van der Waals surface area contributed by atoms with Gasteiger partial charge in [0.05, 0.1) is 18.1 Å². The molecule has 2 aromatic rings. The smallest absolute Gasteiger partial charge is 0.496 e. The summed E-state index contributed by atoms with van der Waals surface area (Å²) in [6.45, 7) is 6.46. The van der Waals surface area contributed by atoms with E-state index >= 15 is 0 Å². The highest BCUT2D eigenvalue weighted by atomic mass is 32.2. The van der Waals surface area contributed by atoms with Crippen LogP contribution in [0.1, 0.15) is 51.2 Å². The van der Waals surface area contributed by atoms with E-state index in [1.807, 2.05) is 48.5 Å². The van der Waals surface area contributed by atoms with E-state index in [1.165, 1.54) is 0 Å². The lowest BCUT2D eigenvalue weighted by Gasteiger charge is -2.42. The summed E-state index contributed by atoms with van der Waals surface area (Å²) >= 11 is 1.56. The number of rotatable bonds is 5. The standard InChI is InChI=1S/C25H29O5PS/c1-24(2)17-12-13-25(3,15-17)23(24)30-31(26,27)29-20-14-16-8-5-6-11-21(16)32-22-18(20)9-7-10-19(22)28-4/h5-11,14,17,23H,12-13,15H2,1-4H3,(H,26,27)/t17-,23-,25+/m1/s1. The van der Waals surface area contributed by atoms with Crippen molar-refractivity contribution in [2.24, 2.45) is 16.7 Å². The van der Waals surface area contributed by atoms with Gasteiger partial charge in [-0.2, -0.15) is 0 Å². The number of hydrogen-bond acceptors (Lipinski definition) is 5.